The molecule has 0 saturated carbocycles. The van der Waals surface area contributed by atoms with Gasteiger partial charge in [-0.2, -0.15) is 0 Å². The average Bonchev–Trinajstić information content (AvgIpc) is 3.11. The van der Waals surface area contributed by atoms with Crippen LogP contribution >= 0.6 is 11.8 Å². The molecule has 3 unspecified atom stereocenters. The molecule has 8 nitrogen and oxygen atoms in total. The van der Waals surface area contributed by atoms with E-state index in [2.05, 4.69) is 5.32 Å². The largest absolute Gasteiger partial charge is 0.451 e. The maximum Gasteiger partial charge on any atom is 0.330 e. The highest BCUT2D eigenvalue weighted by Gasteiger charge is 2.53. The van der Waals surface area contributed by atoms with Crippen LogP contribution in [-0.2, 0) is 19.1 Å². The number of rotatable bonds is 5. The molecule has 3 amide bonds. The lowest BCUT2D eigenvalue weighted by atomic mass is 10.2. The summed E-state index contributed by atoms with van der Waals surface area (Å²) in [5.41, 5.74) is 5.94. The first-order valence-corrected chi connectivity index (χ1v) is 9.57. The van der Waals surface area contributed by atoms with Crippen LogP contribution in [-0.4, -0.2) is 51.4 Å². The topological polar surface area (TPSA) is 119 Å². The third-order valence-corrected chi connectivity index (χ3v) is 6.32. The van der Waals surface area contributed by atoms with Crippen LogP contribution in [0.2, 0.25) is 0 Å². The molecule has 144 valence electrons. The quantitative estimate of drug-likeness (QED) is 0.726. The number of nitrogens with one attached hydrogen (secondary N) is 1. The van der Waals surface area contributed by atoms with Gasteiger partial charge >= 0.3 is 5.97 Å². The van der Waals surface area contributed by atoms with Gasteiger partial charge in [0.15, 0.2) is 6.10 Å². The van der Waals surface area contributed by atoms with Gasteiger partial charge in [0.2, 0.25) is 11.8 Å². The Balaban J connectivity index is 1.58. The number of primary amides is 1. The predicted octanol–water partition coefficient (Wildman–Crippen LogP) is 1.11. The number of nitrogens with two attached hydrogens (primary N) is 1. The fourth-order valence-corrected chi connectivity index (χ4v) is 4.68. The highest BCUT2D eigenvalue weighted by Crippen LogP contribution is 2.47. The van der Waals surface area contributed by atoms with E-state index in [0.29, 0.717) is 29.8 Å². The maximum absolute atomic E-state index is 12.5. The molecule has 2 heterocycles. The Morgan fingerprint density at radius 2 is 2.00 bits per heavy atom. The van der Waals surface area contributed by atoms with Gasteiger partial charge in [-0.1, -0.05) is 0 Å². The number of anilines is 1. The normalized spacial score (nSPS) is 25.0. The van der Waals surface area contributed by atoms with E-state index in [1.165, 1.54) is 31.2 Å². The Hall–Kier alpha value is -2.55. The summed E-state index contributed by atoms with van der Waals surface area (Å²) in [6, 6.07) is 5.39. The van der Waals surface area contributed by atoms with Gasteiger partial charge in [0.25, 0.3) is 5.91 Å². The first kappa shape index (κ1) is 19.2. The number of esters is 1. The van der Waals surface area contributed by atoms with E-state index in [0.717, 1.165) is 0 Å². The SMILES string of the molecule is CC(OC(=O)C1CSC2(C)CCC(=O)N12)C(=O)Nc1ccc(C(N)=O)cc1. The van der Waals surface area contributed by atoms with Gasteiger partial charge in [-0.25, -0.2) is 4.79 Å². The van der Waals surface area contributed by atoms with Gasteiger partial charge in [-0.05, 0) is 44.5 Å². The van der Waals surface area contributed by atoms with Gasteiger partial charge in [-0.3, -0.25) is 14.4 Å². The molecule has 0 radical (unpaired) electrons. The van der Waals surface area contributed by atoms with E-state index in [9.17, 15) is 19.2 Å². The molecule has 0 bridgehead atoms. The van der Waals surface area contributed by atoms with Gasteiger partial charge in [0.1, 0.15) is 6.04 Å². The molecule has 27 heavy (non-hydrogen) atoms. The molecule has 2 fully saturated rings. The molecule has 2 aliphatic rings. The molecule has 1 aromatic rings. The van der Waals surface area contributed by atoms with Crippen LogP contribution < -0.4 is 11.1 Å². The Bertz CT molecular complexity index is 797. The summed E-state index contributed by atoms with van der Waals surface area (Å²) < 4.78 is 5.30. The number of hydrogen-bond donors (Lipinski definition) is 2. The first-order valence-electron chi connectivity index (χ1n) is 8.58. The van der Waals surface area contributed by atoms with Crippen molar-refractivity contribution in [3.05, 3.63) is 29.8 Å². The summed E-state index contributed by atoms with van der Waals surface area (Å²) in [6.45, 7) is 3.42. The number of benzene rings is 1. The first-order chi connectivity index (χ1) is 12.7. The maximum atomic E-state index is 12.5. The highest BCUT2D eigenvalue weighted by atomic mass is 32.2. The minimum Gasteiger partial charge on any atom is -0.451 e. The van der Waals surface area contributed by atoms with Crippen LogP contribution in [0.4, 0.5) is 5.69 Å². The second-order valence-electron chi connectivity index (χ2n) is 6.78. The molecule has 2 saturated heterocycles. The van der Waals surface area contributed by atoms with Crippen molar-refractivity contribution in [1.29, 1.82) is 0 Å². The van der Waals surface area contributed by atoms with Crippen LogP contribution in [0.5, 0.6) is 0 Å². The van der Waals surface area contributed by atoms with Crippen molar-refractivity contribution < 1.29 is 23.9 Å². The second kappa shape index (κ2) is 7.22. The minimum absolute atomic E-state index is 0.0592. The van der Waals surface area contributed by atoms with Crippen LogP contribution in [0.15, 0.2) is 24.3 Å². The van der Waals surface area contributed by atoms with Gasteiger partial charge in [0, 0.05) is 23.4 Å². The zero-order valence-electron chi connectivity index (χ0n) is 15.1. The molecule has 2 aliphatic heterocycles. The highest BCUT2D eigenvalue weighted by molar-refractivity contribution is 8.01. The average molecular weight is 391 g/mol. The molecular weight excluding hydrogens is 370 g/mol. The molecule has 3 N–H and O–H groups in total. The lowest BCUT2D eigenvalue weighted by Gasteiger charge is -2.29. The van der Waals surface area contributed by atoms with Crippen molar-refractivity contribution in [2.45, 2.75) is 43.7 Å². The van der Waals surface area contributed by atoms with Crippen LogP contribution in [0, 0.1) is 0 Å². The molecule has 9 heteroatoms. The molecule has 1 aromatic carbocycles. The van der Waals surface area contributed by atoms with Crippen LogP contribution in [0.25, 0.3) is 0 Å². The number of carbonyl (C=O) groups excluding carboxylic acids is 4. The van der Waals surface area contributed by atoms with E-state index >= 15 is 0 Å². The number of thioether (sulfide) groups is 1. The van der Waals surface area contributed by atoms with E-state index in [1.54, 1.807) is 16.7 Å². The number of hydrogen-bond acceptors (Lipinski definition) is 6. The van der Waals surface area contributed by atoms with Crippen molar-refractivity contribution in [2.24, 2.45) is 5.73 Å². The fraction of sp³-hybridized carbons (Fsp3) is 0.444. The Kier molecular flexibility index (Phi) is 5.14. The fourth-order valence-electron chi connectivity index (χ4n) is 3.26. The third kappa shape index (κ3) is 3.78. The Labute approximate surface area is 160 Å². The molecule has 0 spiro atoms. The third-order valence-electron chi connectivity index (χ3n) is 4.82. The number of fused-ring (bicyclic) bond motifs is 1. The van der Waals surface area contributed by atoms with Gasteiger partial charge in [-0.15, -0.1) is 11.8 Å². The number of ether oxygens (including phenoxy) is 1. The van der Waals surface area contributed by atoms with E-state index < -0.39 is 29.9 Å². The van der Waals surface area contributed by atoms with E-state index in [4.69, 9.17) is 10.5 Å². The summed E-state index contributed by atoms with van der Waals surface area (Å²) in [5, 5.41) is 2.61. The summed E-state index contributed by atoms with van der Waals surface area (Å²) in [7, 11) is 0. The molecule has 3 rings (SSSR count). The van der Waals surface area contributed by atoms with Crippen molar-refractivity contribution >= 4 is 41.1 Å². The molecule has 0 aliphatic carbocycles. The zero-order chi connectivity index (χ0) is 19.8. The molecular formula is C18H21N3O5S. The standard InChI is InChI=1S/C18H21N3O5S/c1-10(16(24)20-12-5-3-11(4-6-12)15(19)23)26-17(25)13-9-27-18(2)8-7-14(22)21(13)18/h3-6,10,13H,7-9H2,1-2H3,(H2,19,23)(H,20,24). The molecule has 0 aromatic heterocycles. The lowest BCUT2D eigenvalue weighted by molar-refractivity contribution is -0.160. The van der Waals surface area contributed by atoms with Crippen molar-refractivity contribution in [3.8, 4) is 0 Å². The number of carbonyl (C=O) groups is 4. The lowest BCUT2D eigenvalue weighted by Crippen LogP contribution is -2.48. The van der Waals surface area contributed by atoms with Crippen molar-refractivity contribution in [1.82, 2.24) is 4.90 Å². The van der Waals surface area contributed by atoms with E-state index in [-0.39, 0.29) is 10.8 Å². The predicted molar refractivity (Wildman–Crippen MR) is 99.9 cm³/mol. The number of nitrogens with zero attached hydrogens (tertiary/aromatic N) is 1. The minimum atomic E-state index is -1.03. The van der Waals surface area contributed by atoms with E-state index in [1.807, 2.05) is 6.92 Å². The van der Waals surface area contributed by atoms with Crippen LogP contribution in [0.3, 0.4) is 0 Å². The Morgan fingerprint density at radius 1 is 1.33 bits per heavy atom. The summed E-state index contributed by atoms with van der Waals surface area (Å²) in [6.07, 6.45) is 0.102. The smallest absolute Gasteiger partial charge is 0.330 e. The monoisotopic (exact) mass is 391 g/mol. The summed E-state index contributed by atoms with van der Waals surface area (Å²) in [5.74, 6) is -1.24. The van der Waals surface area contributed by atoms with Crippen molar-refractivity contribution in [3.63, 3.8) is 0 Å². The van der Waals surface area contributed by atoms with Gasteiger partial charge < -0.3 is 20.7 Å². The van der Waals surface area contributed by atoms with Crippen LogP contribution in [0.1, 0.15) is 37.0 Å². The Morgan fingerprint density at radius 3 is 2.63 bits per heavy atom. The number of amides is 3. The van der Waals surface area contributed by atoms with Crippen molar-refractivity contribution in [2.75, 3.05) is 11.1 Å². The second-order valence-corrected chi connectivity index (χ2v) is 8.28. The molecule has 3 atom stereocenters. The van der Waals surface area contributed by atoms with Gasteiger partial charge in [0.05, 0.1) is 4.87 Å². The summed E-state index contributed by atoms with van der Waals surface area (Å²) >= 11 is 1.56. The zero-order valence-corrected chi connectivity index (χ0v) is 15.9. The summed E-state index contributed by atoms with van der Waals surface area (Å²) in [4.78, 5) is 49.2.